The lowest BCUT2D eigenvalue weighted by Crippen LogP contribution is -2.68. The Morgan fingerprint density at radius 1 is 1.06 bits per heavy atom. The van der Waals surface area contributed by atoms with Crippen molar-refractivity contribution in [2.24, 2.45) is 5.92 Å². The summed E-state index contributed by atoms with van der Waals surface area (Å²) in [6.45, 7) is 14.2. The second-order valence-electron chi connectivity index (χ2n) is 11.6. The van der Waals surface area contributed by atoms with Crippen LogP contribution < -0.4 is 4.31 Å². The number of fused-ring (bicyclic) bond motifs is 3. The van der Waals surface area contributed by atoms with Gasteiger partial charge in [-0.25, -0.2) is 8.42 Å². The predicted molar refractivity (Wildman–Crippen MR) is 132 cm³/mol. The Labute approximate surface area is 194 Å². The van der Waals surface area contributed by atoms with Crippen LogP contribution in [0, 0.1) is 5.92 Å². The molecule has 0 unspecified atom stereocenters. The number of anilines is 1. The Bertz CT molecular complexity index is 1020. The fraction of sp³-hybridized carbons (Fsp3) is 0.682. The molecule has 0 N–H and O–H groups in total. The van der Waals surface area contributed by atoms with Crippen LogP contribution in [0.3, 0.4) is 0 Å². The van der Waals surface area contributed by atoms with Gasteiger partial charge in [-0.15, -0.1) is 0 Å². The number of para-hydroxylation sites is 1. The van der Waals surface area contributed by atoms with Crippen LogP contribution in [-0.2, 0) is 24.3 Å². The highest BCUT2D eigenvalue weighted by atomic mass is 32.2. The van der Waals surface area contributed by atoms with Gasteiger partial charge in [0.2, 0.25) is 15.9 Å². The number of ether oxygens (including phenoxy) is 2. The van der Waals surface area contributed by atoms with Gasteiger partial charge >= 0.3 is 0 Å². The van der Waals surface area contributed by atoms with E-state index in [1.165, 1.54) is 6.26 Å². The molecule has 1 saturated heterocycles. The van der Waals surface area contributed by atoms with Crippen molar-refractivity contribution in [1.29, 1.82) is 0 Å². The first-order valence-corrected chi connectivity index (χ1v) is 20.2. The minimum atomic E-state index is -3.60. The molecule has 2 aliphatic heterocycles. The molecule has 1 spiro atoms. The summed E-state index contributed by atoms with van der Waals surface area (Å²) in [6, 6.07) is 7.29. The third-order valence-electron chi connectivity index (χ3n) is 7.18. The fourth-order valence-electron chi connectivity index (χ4n) is 7.01. The van der Waals surface area contributed by atoms with E-state index in [0.29, 0.717) is 5.69 Å². The molecule has 7 nitrogen and oxygen atoms in total. The summed E-state index contributed by atoms with van der Waals surface area (Å²) in [5.74, 6) is -0.366. The van der Waals surface area contributed by atoms with E-state index in [4.69, 9.17) is 9.47 Å². The SMILES string of the molecule is COCOC[C@@H]1N(C([Si](C)(C)C)[Si](C)(C)C)C(=O)[C@@H]2[C@H]3c4ccccc4N(S(C)(=O)=O)[C@@]231. The molecule has 1 aromatic carbocycles. The van der Waals surface area contributed by atoms with E-state index in [1.807, 2.05) is 24.3 Å². The number of nitrogens with zero attached hydrogens (tertiary/aromatic N) is 2. The molecule has 32 heavy (non-hydrogen) atoms. The van der Waals surface area contributed by atoms with E-state index in [9.17, 15) is 13.2 Å². The molecule has 0 radical (unpaired) electrons. The average molecular weight is 497 g/mol. The number of hydrogen-bond donors (Lipinski definition) is 0. The summed E-state index contributed by atoms with van der Waals surface area (Å²) in [5, 5.41) is 0.173. The summed E-state index contributed by atoms with van der Waals surface area (Å²) in [5.41, 5.74) is 0.866. The molecule has 1 aromatic rings. The molecule has 1 saturated carbocycles. The fourth-order valence-corrected chi connectivity index (χ4v) is 21.1. The Morgan fingerprint density at radius 3 is 2.19 bits per heavy atom. The second kappa shape index (κ2) is 7.40. The van der Waals surface area contributed by atoms with Gasteiger partial charge in [0.15, 0.2) is 0 Å². The first-order valence-electron chi connectivity index (χ1n) is 11.2. The van der Waals surface area contributed by atoms with Crippen LogP contribution in [0.5, 0.6) is 0 Å². The van der Waals surface area contributed by atoms with Crippen molar-refractivity contribution in [3.8, 4) is 0 Å². The molecule has 1 aliphatic carbocycles. The van der Waals surface area contributed by atoms with Gasteiger partial charge in [-0.2, -0.15) is 0 Å². The lowest BCUT2D eigenvalue weighted by Gasteiger charge is -2.49. The van der Waals surface area contributed by atoms with Gasteiger partial charge in [0.25, 0.3) is 0 Å². The smallest absolute Gasteiger partial charge is 0.232 e. The Kier molecular flexibility index (Phi) is 5.53. The maximum atomic E-state index is 14.1. The summed E-state index contributed by atoms with van der Waals surface area (Å²) >= 11 is 0. The molecule has 2 heterocycles. The lowest BCUT2D eigenvalue weighted by atomic mass is 10.0. The molecule has 178 valence electrons. The van der Waals surface area contributed by atoms with Crippen LogP contribution in [0.4, 0.5) is 5.69 Å². The van der Waals surface area contributed by atoms with Crippen molar-refractivity contribution >= 4 is 37.8 Å². The zero-order valence-electron chi connectivity index (χ0n) is 20.4. The highest BCUT2D eigenvalue weighted by molar-refractivity contribution is 7.92. The minimum Gasteiger partial charge on any atom is -0.359 e. The predicted octanol–water partition coefficient (Wildman–Crippen LogP) is 2.87. The number of likely N-dealkylation sites (tertiary alicyclic amines) is 1. The maximum Gasteiger partial charge on any atom is 0.232 e. The highest BCUT2D eigenvalue weighted by Gasteiger charge is 2.86. The van der Waals surface area contributed by atoms with E-state index in [0.717, 1.165) is 5.56 Å². The Balaban J connectivity index is 1.89. The standard InChI is InChI=1S/C22H36N2O5SSi2/c1-28-14-29-13-17-22-18(15-11-9-10-12-16(15)24(22)30(2,26)27)19(22)20(25)23(17)21(31(3,4)5)32(6,7)8/h9-12,17-19,21H,13-14H2,1-8H3/t17-,18+,19-,22+/m0/s1. The van der Waals surface area contributed by atoms with Gasteiger partial charge in [-0.05, 0) is 11.6 Å². The average Bonchev–Trinajstić information content (AvgIpc) is 3.10. The van der Waals surface area contributed by atoms with Crippen LogP contribution in [-0.4, -0.2) is 79.0 Å². The third-order valence-corrected chi connectivity index (χ3v) is 17.4. The highest BCUT2D eigenvalue weighted by Crippen LogP contribution is 2.75. The molecular formula is C22H36N2O5SSi2. The molecule has 3 aliphatic rings. The number of amides is 1. The van der Waals surface area contributed by atoms with Gasteiger partial charge < -0.3 is 14.4 Å². The number of sulfonamides is 1. The number of piperidine rings is 1. The van der Waals surface area contributed by atoms with E-state index in [2.05, 4.69) is 44.2 Å². The largest absolute Gasteiger partial charge is 0.359 e. The van der Waals surface area contributed by atoms with Crippen LogP contribution in [0.25, 0.3) is 0 Å². The van der Waals surface area contributed by atoms with E-state index < -0.39 is 31.7 Å². The monoisotopic (exact) mass is 496 g/mol. The first kappa shape index (κ1) is 23.9. The van der Waals surface area contributed by atoms with Gasteiger partial charge in [0.1, 0.15) is 6.79 Å². The number of carbonyl (C=O) groups excluding carboxylic acids is 1. The molecule has 4 rings (SSSR count). The van der Waals surface area contributed by atoms with Crippen LogP contribution in [0.2, 0.25) is 39.3 Å². The second-order valence-corrected chi connectivity index (χ2v) is 24.6. The summed E-state index contributed by atoms with van der Waals surface area (Å²) in [7, 11) is -5.65. The van der Waals surface area contributed by atoms with Crippen LogP contribution in [0.15, 0.2) is 24.3 Å². The zero-order chi connectivity index (χ0) is 23.9. The molecule has 0 bridgehead atoms. The Morgan fingerprint density at radius 2 is 1.66 bits per heavy atom. The Hall–Kier alpha value is -1.21. The molecule has 4 atom stereocenters. The molecule has 0 aromatic heterocycles. The topological polar surface area (TPSA) is 76.2 Å². The zero-order valence-corrected chi connectivity index (χ0v) is 23.2. The number of hydrogen-bond acceptors (Lipinski definition) is 5. The third kappa shape index (κ3) is 3.24. The minimum absolute atomic E-state index is 0.0963. The van der Waals surface area contributed by atoms with Crippen LogP contribution >= 0.6 is 0 Å². The molecule has 1 amide bonds. The van der Waals surface area contributed by atoms with E-state index >= 15 is 0 Å². The lowest BCUT2D eigenvalue weighted by molar-refractivity contribution is -0.133. The van der Waals surface area contributed by atoms with Crippen molar-refractivity contribution in [3.05, 3.63) is 29.8 Å². The number of carbonyl (C=O) groups is 1. The maximum absolute atomic E-state index is 14.1. The number of rotatable bonds is 8. The van der Waals surface area contributed by atoms with Crippen molar-refractivity contribution in [2.45, 2.75) is 62.1 Å². The van der Waals surface area contributed by atoms with Crippen molar-refractivity contribution in [2.75, 3.05) is 31.1 Å². The van der Waals surface area contributed by atoms with Gasteiger partial charge in [0.05, 0.1) is 52.2 Å². The van der Waals surface area contributed by atoms with Gasteiger partial charge in [0, 0.05) is 18.3 Å². The van der Waals surface area contributed by atoms with Crippen molar-refractivity contribution in [1.82, 2.24) is 4.90 Å². The van der Waals surface area contributed by atoms with Crippen molar-refractivity contribution in [3.63, 3.8) is 0 Å². The number of benzene rings is 1. The van der Waals surface area contributed by atoms with Gasteiger partial charge in [-0.3, -0.25) is 9.10 Å². The quantitative estimate of drug-likeness (QED) is 0.314. The molecule has 10 heteroatoms. The van der Waals surface area contributed by atoms with E-state index in [1.54, 1.807) is 11.4 Å². The number of methoxy groups -OCH3 is 1. The molecule has 2 fully saturated rings. The summed E-state index contributed by atoms with van der Waals surface area (Å²) < 4.78 is 38.9. The summed E-state index contributed by atoms with van der Waals surface area (Å²) in [6.07, 6.45) is 1.25. The van der Waals surface area contributed by atoms with Crippen molar-refractivity contribution < 1.29 is 22.7 Å². The van der Waals surface area contributed by atoms with Crippen LogP contribution in [0.1, 0.15) is 11.5 Å². The van der Waals surface area contributed by atoms with E-state index in [-0.39, 0.29) is 42.5 Å². The molecular weight excluding hydrogens is 460 g/mol. The normalized spacial score (nSPS) is 29.4. The first-order chi connectivity index (χ1) is 14.7. The van der Waals surface area contributed by atoms with Gasteiger partial charge in [-0.1, -0.05) is 57.5 Å². The summed E-state index contributed by atoms with van der Waals surface area (Å²) in [4.78, 5) is 16.2.